The molecular formula is C15H13N3S. The van der Waals surface area contributed by atoms with Crippen LogP contribution < -0.4 is 0 Å². The standard InChI is InChI=1S/C15H13N3S/c1-18-9-8-12(17-18)15-16-14-11-5-3-2-4-10(11)6-7-13(14)19-15/h2-5,8-9H,6-7H2,1H3. The maximum atomic E-state index is 4.82. The van der Waals surface area contributed by atoms with E-state index < -0.39 is 0 Å². The molecule has 1 aliphatic rings. The van der Waals surface area contributed by atoms with Crippen LogP contribution in [0, 0.1) is 0 Å². The Balaban J connectivity index is 1.87. The average Bonchev–Trinajstić information content (AvgIpc) is 3.04. The molecule has 94 valence electrons. The summed E-state index contributed by atoms with van der Waals surface area (Å²) < 4.78 is 1.82. The molecule has 3 aromatic rings. The number of benzene rings is 1. The predicted molar refractivity (Wildman–Crippen MR) is 77.2 cm³/mol. The summed E-state index contributed by atoms with van der Waals surface area (Å²) in [6, 6.07) is 10.6. The summed E-state index contributed by atoms with van der Waals surface area (Å²) in [5, 5.41) is 5.47. The number of aryl methyl sites for hydroxylation is 3. The SMILES string of the molecule is Cn1ccc(-c2nc3c(s2)CCc2ccccc2-3)n1. The molecule has 0 saturated carbocycles. The molecule has 1 aliphatic carbocycles. The van der Waals surface area contributed by atoms with E-state index in [4.69, 9.17) is 4.98 Å². The molecule has 19 heavy (non-hydrogen) atoms. The number of hydrogen-bond donors (Lipinski definition) is 0. The molecule has 4 rings (SSSR count). The number of nitrogens with zero attached hydrogens (tertiary/aromatic N) is 3. The van der Waals surface area contributed by atoms with Gasteiger partial charge in [-0.05, 0) is 24.5 Å². The van der Waals surface area contributed by atoms with Gasteiger partial charge < -0.3 is 0 Å². The van der Waals surface area contributed by atoms with E-state index in [0.717, 1.165) is 29.2 Å². The van der Waals surface area contributed by atoms with Gasteiger partial charge in [-0.2, -0.15) is 5.10 Å². The molecule has 0 aliphatic heterocycles. The highest BCUT2D eigenvalue weighted by Crippen LogP contribution is 2.38. The maximum Gasteiger partial charge on any atom is 0.144 e. The average molecular weight is 267 g/mol. The number of hydrogen-bond acceptors (Lipinski definition) is 3. The fourth-order valence-electron chi connectivity index (χ4n) is 2.59. The lowest BCUT2D eigenvalue weighted by Gasteiger charge is -2.13. The van der Waals surface area contributed by atoms with Gasteiger partial charge in [-0.1, -0.05) is 24.3 Å². The smallest absolute Gasteiger partial charge is 0.144 e. The fraction of sp³-hybridized carbons (Fsp3) is 0.200. The molecule has 0 spiro atoms. The van der Waals surface area contributed by atoms with Crippen molar-refractivity contribution in [1.29, 1.82) is 0 Å². The van der Waals surface area contributed by atoms with Gasteiger partial charge in [0.1, 0.15) is 10.7 Å². The van der Waals surface area contributed by atoms with Crippen LogP contribution in [0.25, 0.3) is 22.0 Å². The predicted octanol–water partition coefficient (Wildman–Crippen LogP) is 3.31. The van der Waals surface area contributed by atoms with Crippen molar-refractivity contribution in [3.05, 3.63) is 47.0 Å². The lowest BCUT2D eigenvalue weighted by molar-refractivity contribution is 0.770. The molecule has 0 fully saturated rings. The van der Waals surface area contributed by atoms with Crippen LogP contribution >= 0.6 is 11.3 Å². The van der Waals surface area contributed by atoms with Crippen molar-refractivity contribution in [3.8, 4) is 22.0 Å². The van der Waals surface area contributed by atoms with Crippen LogP contribution in [-0.2, 0) is 19.9 Å². The van der Waals surface area contributed by atoms with Gasteiger partial charge >= 0.3 is 0 Å². The van der Waals surface area contributed by atoms with E-state index >= 15 is 0 Å². The first-order valence-electron chi connectivity index (χ1n) is 6.39. The van der Waals surface area contributed by atoms with E-state index in [1.807, 2.05) is 24.0 Å². The van der Waals surface area contributed by atoms with Crippen molar-refractivity contribution in [2.45, 2.75) is 12.8 Å². The Morgan fingerprint density at radius 2 is 2.05 bits per heavy atom. The molecule has 0 atom stereocenters. The van der Waals surface area contributed by atoms with E-state index in [1.165, 1.54) is 16.0 Å². The van der Waals surface area contributed by atoms with Gasteiger partial charge in [0, 0.05) is 23.7 Å². The molecule has 0 radical (unpaired) electrons. The van der Waals surface area contributed by atoms with Crippen molar-refractivity contribution in [2.75, 3.05) is 0 Å². The molecule has 0 unspecified atom stereocenters. The largest absolute Gasteiger partial charge is 0.275 e. The van der Waals surface area contributed by atoms with Gasteiger partial charge in [0.25, 0.3) is 0 Å². The van der Waals surface area contributed by atoms with Crippen molar-refractivity contribution in [1.82, 2.24) is 14.8 Å². The number of aromatic nitrogens is 3. The van der Waals surface area contributed by atoms with E-state index in [0.29, 0.717) is 0 Å². The minimum Gasteiger partial charge on any atom is -0.275 e. The molecule has 2 aromatic heterocycles. The topological polar surface area (TPSA) is 30.7 Å². The normalized spacial score (nSPS) is 13.1. The zero-order valence-electron chi connectivity index (χ0n) is 10.6. The highest BCUT2D eigenvalue weighted by molar-refractivity contribution is 7.15. The Kier molecular flexibility index (Phi) is 2.32. The van der Waals surface area contributed by atoms with Crippen LogP contribution in [0.1, 0.15) is 10.4 Å². The van der Waals surface area contributed by atoms with Gasteiger partial charge in [-0.25, -0.2) is 4.98 Å². The maximum absolute atomic E-state index is 4.82. The third kappa shape index (κ3) is 1.71. The Bertz CT molecular complexity index is 754. The first kappa shape index (κ1) is 10.9. The van der Waals surface area contributed by atoms with Crippen molar-refractivity contribution in [3.63, 3.8) is 0 Å². The van der Waals surface area contributed by atoms with Gasteiger partial charge in [0.2, 0.25) is 0 Å². The van der Waals surface area contributed by atoms with E-state index in [-0.39, 0.29) is 0 Å². The molecule has 0 bridgehead atoms. The lowest BCUT2D eigenvalue weighted by atomic mass is 9.94. The van der Waals surface area contributed by atoms with Gasteiger partial charge in [-0.15, -0.1) is 11.3 Å². The van der Waals surface area contributed by atoms with Crippen LogP contribution in [0.15, 0.2) is 36.5 Å². The van der Waals surface area contributed by atoms with Crippen molar-refractivity contribution >= 4 is 11.3 Å². The molecule has 0 saturated heterocycles. The molecule has 0 N–H and O–H groups in total. The van der Waals surface area contributed by atoms with Gasteiger partial charge in [0.15, 0.2) is 0 Å². The molecule has 2 heterocycles. The van der Waals surface area contributed by atoms with Crippen LogP contribution in [0.3, 0.4) is 0 Å². The van der Waals surface area contributed by atoms with E-state index in [9.17, 15) is 0 Å². The number of rotatable bonds is 1. The molecular weight excluding hydrogens is 254 g/mol. The fourth-order valence-corrected chi connectivity index (χ4v) is 3.63. The molecule has 1 aromatic carbocycles. The minimum absolute atomic E-state index is 0.972. The summed E-state index contributed by atoms with van der Waals surface area (Å²) >= 11 is 1.78. The minimum atomic E-state index is 0.972. The quantitative estimate of drug-likeness (QED) is 0.677. The third-order valence-corrected chi connectivity index (χ3v) is 4.66. The molecule has 3 nitrogen and oxygen atoms in total. The first-order chi connectivity index (χ1) is 9.31. The summed E-state index contributed by atoms with van der Waals surface area (Å²) in [5.41, 5.74) is 4.84. The Labute approximate surface area is 115 Å². The summed E-state index contributed by atoms with van der Waals surface area (Å²) in [5.74, 6) is 0. The zero-order valence-corrected chi connectivity index (χ0v) is 11.4. The Hall–Kier alpha value is -1.94. The third-order valence-electron chi connectivity index (χ3n) is 3.52. The molecule has 4 heteroatoms. The highest BCUT2D eigenvalue weighted by Gasteiger charge is 2.21. The first-order valence-corrected chi connectivity index (χ1v) is 7.21. The van der Waals surface area contributed by atoms with Gasteiger partial charge in [-0.3, -0.25) is 4.68 Å². The highest BCUT2D eigenvalue weighted by atomic mass is 32.1. The lowest BCUT2D eigenvalue weighted by Crippen LogP contribution is -2.01. The summed E-state index contributed by atoms with van der Waals surface area (Å²) in [4.78, 5) is 6.21. The second-order valence-corrected chi connectivity index (χ2v) is 5.91. The number of fused-ring (bicyclic) bond motifs is 3. The Morgan fingerprint density at radius 1 is 1.16 bits per heavy atom. The van der Waals surface area contributed by atoms with Crippen molar-refractivity contribution in [2.24, 2.45) is 7.05 Å². The summed E-state index contributed by atoms with van der Waals surface area (Å²) in [7, 11) is 1.94. The van der Waals surface area contributed by atoms with Crippen LogP contribution in [-0.4, -0.2) is 14.8 Å². The molecule has 0 amide bonds. The monoisotopic (exact) mass is 267 g/mol. The van der Waals surface area contributed by atoms with Crippen molar-refractivity contribution < 1.29 is 0 Å². The Morgan fingerprint density at radius 3 is 2.89 bits per heavy atom. The van der Waals surface area contributed by atoms with Crippen LogP contribution in [0.4, 0.5) is 0 Å². The van der Waals surface area contributed by atoms with Crippen LogP contribution in [0.5, 0.6) is 0 Å². The second-order valence-electron chi connectivity index (χ2n) is 4.82. The second kappa shape index (κ2) is 4.03. The van der Waals surface area contributed by atoms with E-state index in [1.54, 1.807) is 11.3 Å². The zero-order chi connectivity index (χ0) is 12.8. The summed E-state index contributed by atoms with van der Waals surface area (Å²) in [6.45, 7) is 0. The number of thiazole rings is 1. The van der Waals surface area contributed by atoms with E-state index in [2.05, 4.69) is 29.4 Å². The van der Waals surface area contributed by atoms with Gasteiger partial charge in [0.05, 0.1) is 5.69 Å². The summed E-state index contributed by atoms with van der Waals surface area (Å²) in [6.07, 6.45) is 4.17. The van der Waals surface area contributed by atoms with Crippen LogP contribution in [0.2, 0.25) is 0 Å².